The Morgan fingerprint density at radius 2 is 1.85 bits per heavy atom. The van der Waals surface area contributed by atoms with Gasteiger partial charge in [0.1, 0.15) is 12.2 Å². The molecule has 1 aromatic heterocycles. The highest BCUT2D eigenvalue weighted by Crippen LogP contribution is 2.07. The molecule has 0 fully saturated rings. The van der Waals surface area contributed by atoms with E-state index in [1.54, 1.807) is 0 Å². The number of benzene rings is 1. The maximum atomic E-state index is 12.0. The third-order valence-corrected chi connectivity index (χ3v) is 3.85. The van der Waals surface area contributed by atoms with Crippen molar-refractivity contribution >= 4 is 29.4 Å². The van der Waals surface area contributed by atoms with Gasteiger partial charge < -0.3 is 15.4 Å². The van der Waals surface area contributed by atoms with Crippen LogP contribution in [0.2, 0.25) is 5.02 Å². The van der Waals surface area contributed by atoms with E-state index in [9.17, 15) is 14.4 Å². The summed E-state index contributed by atoms with van der Waals surface area (Å²) in [6.07, 6.45) is 0.403. The fourth-order valence-corrected chi connectivity index (χ4v) is 2.26. The third kappa shape index (κ3) is 6.71. The van der Waals surface area contributed by atoms with E-state index < -0.39 is 23.9 Å². The van der Waals surface area contributed by atoms with Crippen LogP contribution in [0.1, 0.15) is 28.5 Å². The highest BCUT2D eigenvalue weighted by Gasteiger charge is 2.18. The lowest BCUT2D eigenvalue weighted by atomic mass is 10.1. The van der Waals surface area contributed by atoms with Crippen molar-refractivity contribution in [2.45, 2.75) is 26.5 Å². The Morgan fingerprint density at radius 1 is 1.15 bits per heavy atom. The summed E-state index contributed by atoms with van der Waals surface area (Å²) in [5.74, 6) is -1.72. The molecule has 0 bridgehead atoms. The van der Waals surface area contributed by atoms with Crippen LogP contribution in [0.25, 0.3) is 0 Å². The lowest BCUT2D eigenvalue weighted by Gasteiger charge is -2.14. The van der Waals surface area contributed by atoms with Crippen LogP contribution < -0.4 is 10.6 Å². The van der Waals surface area contributed by atoms with Crippen molar-refractivity contribution in [1.29, 1.82) is 0 Å². The molecule has 0 aliphatic heterocycles. The molecule has 0 spiro atoms. The number of esters is 1. The molecule has 2 N–H and O–H groups in total. The van der Waals surface area contributed by atoms with Gasteiger partial charge in [0, 0.05) is 17.8 Å². The zero-order valence-corrected chi connectivity index (χ0v) is 15.7. The fourth-order valence-electron chi connectivity index (χ4n) is 2.10. The molecular weight excluding hydrogens is 370 g/mol. The summed E-state index contributed by atoms with van der Waals surface area (Å²) in [6.45, 7) is 3.38. The minimum absolute atomic E-state index is 0.0826. The van der Waals surface area contributed by atoms with Gasteiger partial charge >= 0.3 is 5.97 Å². The van der Waals surface area contributed by atoms with Gasteiger partial charge in [-0.05, 0) is 31.5 Å². The predicted octanol–water partition coefficient (Wildman–Crippen LogP) is 2.02. The second kappa shape index (κ2) is 9.68. The quantitative estimate of drug-likeness (QED) is 0.706. The Balaban J connectivity index is 1.74. The average Bonchev–Trinajstić information content (AvgIpc) is 2.65. The van der Waals surface area contributed by atoms with Crippen LogP contribution in [-0.4, -0.2) is 35.4 Å². The van der Waals surface area contributed by atoms with Crippen LogP contribution >= 0.6 is 11.6 Å². The average molecular weight is 390 g/mol. The number of aryl methyl sites for hydroxylation is 1. The normalized spacial score (nSPS) is 11.4. The Bertz CT molecular complexity index is 824. The molecule has 1 heterocycles. The Hall–Kier alpha value is -2.93. The number of pyridine rings is 1. The van der Waals surface area contributed by atoms with Crippen LogP contribution in [0.15, 0.2) is 42.6 Å². The first kappa shape index (κ1) is 20.4. The maximum Gasteiger partial charge on any atom is 0.326 e. The van der Waals surface area contributed by atoms with Crippen molar-refractivity contribution in [3.05, 3.63) is 64.4 Å². The van der Waals surface area contributed by atoms with E-state index in [0.29, 0.717) is 11.6 Å². The number of rotatable bonds is 7. The summed E-state index contributed by atoms with van der Waals surface area (Å²) in [5, 5.41) is 5.42. The molecule has 0 aliphatic carbocycles. The predicted molar refractivity (Wildman–Crippen MR) is 100 cm³/mol. The van der Waals surface area contributed by atoms with E-state index in [-0.39, 0.29) is 12.2 Å². The highest BCUT2D eigenvalue weighted by atomic mass is 35.5. The van der Waals surface area contributed by atoms with Gasteiger partial charge in [-0.2, -0.15) is 0 Å². The van der Waals surface area contributed by atoms with E-state index in [2.05, 4.69) is 15.6 Å². The van der Waals surface area contributed by atoms with E-state index in [4.69, 9.17) is 16.3 Å². The molecule has 1 aromatic carbocycles. The van der Waals surface area contributed by atoms with Crippen LogP contribution in [-0.2, 0) is 20.9 Å². The monoisotopic (exact) mass is 389 g/mol. The van der Waals surface area contributed by atoms with Crippen molar-refractivity contribution in [2.75, 3.05) is 6.54 Å². The molecule has 2 rings (SSSR count). The van der Waals surface area contributed by atoms with Gasteiger partial charge in [0.15, 0.2) is 6.10 Å². The number of carbonyl (C=O) groups excluding carboxylic acids is 3. The Labute approximate surface area is 162 Å². The van der Waals surface area contributed by atoms with Crippen molar-refractivity contribution in [1.82, 2.24) is 15.6 Å². The van der Waals surface area contributed by atoms with Crippen molar-refractivity contribution in [3.63, 3.8) is 0 Å². The molecule has 142 valence electrons. The van der Waals surface area contributed by atoms with Crippen LogP contribution in [0.4, 0.5) is 0 Å². The fraction of sp³-hybridized carbons (Fsp3) is 0.263. The Kier molecular flexibility index (Phi) is 7.31. The first-order chi connectivity index (χ1) is 12.8. The number of ether oxygens (including phenoxy) is 1. The molecule has 1 atom stereocenters. The van der Waals surface area contributed by atoms with Crippen molar-refractivity contribution < 1.29 is 19.1 Å². The molecular formula is C19H20ClN3O4. The number of nitrogens with zero attached hydrogens (tertiary/aromatic N) is 1. The SMILES string of the molecule is Cc1ccc(CNC(=O)[C@@H](C)OC(=O)CNC(=O)c2cc(Cl)ccn2)cc1. The van der Waals surface area contributed by atoms with Gasteiger partial charge in [-0.15, -0.1) is 0 Å². The summed E-state index contributed by atoms with van der Waals surface area (Å²) in [4.78, 5) is 39.6. The Morgan fingerprint density at radius 3 is 2.52 bits per heavy atom. The zero-order valence-electron chi connectivity index (χ0n) is 15.0. The van der Waals surface area contributed by atoms with Gasteiger partial charge in [-0.3, -0.25) is 19.4 Å². The van der Waals surface area contributed by atoms with E-state index in [0.717, 1.165) is 11.1 Å². The second-order valence-corrected chi connectivity index (χ2v) is 6.31. The number of hydrogen-bond acceptors (Lipinski definition) is 5. The molecule has 8 heteroatoms. The summed E-state index contributed by atoms with van der Waals surface area (Å²) >= 11 is 5.78. The number of hydrogen-bond donors (Lipinski definition) is 2. The minimum atomic E-state index is -0.982. The van der Waals surface area contributed by atoms with E-state index in [1.807, 2.05) is 31.2 Å². The molecule has 0 saturated carbocycles. The molecule has 2 amide bonds. The second-order valence-electron chi connectivity index (χ2n) is 5.88. The van der Waals surface area contributed by atoms with Crippen LogP contribution in [0.5, 0.6) is 0 Å². The zero-order chi connectivity index (χ0) is 19.8. The minimum Gasteiger partial charge on any atom is -0.451 e. The molecule has 7 nitrogen and oxygen atoms in total. The number of aromatic nitrogens is 1. The van der Waals surface area contributed by atoms with Gasteiger partial charge in [-0.1, -0.05) is 41.4 Å². The third-order valence-electron chi connectivity index (χ3n) is 3.61. The summed E-state index contributed by atoms with van der Waals surface area (Å²) < 4.78 is 5.02. The van der Waals surface area contributed by atoms with E-state index >= 15 is 0 Å². The number of carbonyl (C=O) groups is 3. The molecule has 0 saturated heterocycles. The van der Waals surface area contributed by atoms with E-state index in [1.165, 1.54) is 25.3 Å². The molecule has 0 radical (unpaired) electrons. The summed E-state index contributed by atoms with van der Waals surface area (Å²) in [5.41, 5.74) is 2.15. The molecule has 0 unspecified atom stereocenters. The number of amides is 2. The lowest BCUT2D eigenvalue weighted by Crippen LogP contribution is -2.38. The van der Waals surface area contributed by atoms with Gasteiger partial charge in [0.05, 0.1) is 0 Å². The first-order valence-corrected chi connectivity index (χ1v) is 8.65. The largest absolute Gasteiger partial charge is 0.451 e. The standard InChI is InChI=1S/C19H20ClN3O4/c1-12-3-5-14(6-4-12)10-22-18(25)13(2)27-17(24)11-23-19(26)16-9-15(20)7-8-21-16/h3-9,13H,10-11H2,1-2H3,(H,22,25)(H,23,26)/t13-/m1/s1. The smallest absolute Gasteiger partial charge is 0.326 e. The lowest BCUT2D eigenvalue weighted by molar-refractivity contribution is -0.153. The van der Waals surface area contributed by atoms with Gasteiger partial charge in [-0.25, -0.2) is 0 Å². The summed E-state index contributed by atoms with van der Waals surface area (Å²) in [7, 11) is 0. The molecule has 27 heavy (non-hydrogen) atoms. The first-order valence-electron chi connectivity index (χ1n) is 8.27. The maximum absolute atomic E-state index is 12.0. The van der Waals surface area contributed by atoms with Crippen molar-refractivity contribution in [3.8, 4) is 0 Å². The highest BCUT2D eigenvalue weighted by molar-refractivity contribution is 6.30. The molecule has 2 aromatic rings. The topological polar surface area (TPSA) is 97.4 Å². The summed E-state index contributed by atoms with van der Waals surface area (Å²) in [6, 6.07) is 10.6. The molecule has 0 aliphatic rings. The number of halogens is 1. The van der Waals surface area contributed by atoms with Gasteiger partial charge in [0.2, 0.25) is 0 Å². The van der Waals surface area contributed by atoms with Crippen LogP contribution in [0.3, 0.4) is 0 Å². The van der Waals surface area contributed by atoms with Crippen LogP contribution in [0, 0.1) is 6.92 Å². The van der Waals surface area contributed by atoms with Gasteiger partial charge in [0.25, 0.3) is 11.8 Å². The number of nitrogens with one attached hydrogen (secondary N) is 2. The van der Waals surface area contributed by atoms with Crippen molar-refractivity contribution in [2.24, 2.45) is 0 Å².